The third-order valence-corrected chi connectivity index (χ3v) is 2.91. The van der Waals surface area contributed by atoms with E-state index in [4.69, 9.17) is 5.84 Å². The first-order valence-electron chi connectivity index (χ1n) is 6.17. The van der Waals surface area contributed by atoms with E-state index in [-0.39, 0.29) is 23.1 Å². The minimum absolute atomic E-state index is 0.102. The quantitative estimate of drug-likeness (QED) is 0.426. The molecule has 0 saturated carbocycles. The van der Waals surface area contributed by atoms with Crippen LogP contribution in [0.25, 0.3) is 0 Å². The fourth-order valence-corrected chi connectivity index (χ4v) is 1.84. The van der Waals surface area contributed by atoms with E-state index in [9.17, 15) is 10.1 Å². The Kier molecular flexibility index (Phi) is 4.24. The highest BCUT2D eigenvalue weighted by atomic mass is 16.6. The van der Waals surface area contributed by atoms with Gasteiger partial charge in [0, 0.05) is 6.20 Å². The van der Waals surface area contributed by atoms with Crippen LogP contribution < -0.4 is 16.6 Å². The molecule has 9 nitrogen and oxygen atoms in total. The summed E-state index contributed by atoms with van der Waals surface area (Å²) in [7, 11) is 0. The number of nitrogens with two attached hydrogens (primary N) is 1. The van der Waals surface area contributed by atoms with E-state index in [0.717, 1.165) is 11.3 Å². The zero-order chi connectivity index (χ0) is 15.4. The summed E-state index contributed by atoms with van der Waals surface area (Å²) in [6.45, 7) is 3.75. The molecule has 0 atom stereocenters. The van der Waals surface area contributed by atoms with Gasteiger partial charge in [0.15, 0.2) is 0 Å². The van der Waals surface area contributed by atoms with Crippen molar-refractivity contribution in [2.24, 2.45) is 5.84 Å². The van der Waals surface area contributed by atoms with Crippen molar-refractivity contribution in [3.05, 3.63) is 45.4 Å². The lowest BCUT2D eigenvalue weighted by molar-refractivity contribution is -0.385. The molecule has 9 heteroatoms. The average molecular weight is 289 g/mol. The first kappa shape index (κ1) is 14.6. The van der Waals surface area contributed by atoms with Crippen LogP contribution in [-0.4, -0.2) is 19.9 Å². The summed E-state index contributed by atoms with van der Waals surface area (Å²) in [6, 6.07) is 3.74. The highest BCUT2D eigenvalue weighted by molar-refractivity contribution is 5.60. The van der Waals surface area contributed by atoms with Gasteiger partial charge in [0.1, 0.15) is 5.69 Å². The van der Waals surface area contributed by atoms with E-state index in [1.54, 1.807) is 6.20 Å². The van der Waals surface area contributed by atoms with Crippen molar-refractivity contribution in [3.8, 4) is 0 Å². The van der Waals surface area contributed by atoms with Crippen molar-refractivity contribution in [2.45, 2.75) is 20.4 Å². The fraction of sp³-hybridized carbons (Fsp3) is 0.250. The fourth-order valence-electron chi connectivity index (χ4n) is 1.84. The lowest BCUT2D eigenvalue weighted by Gasteiger charge is -2.10. The summed E-state index contributed by atoms with van der Waals surface area (Å²) in [6.07, 6.45) is 1.66. The second-order valence-electron chi connectivity index (χ2n) is 4.35. The topological polar surface area (TPSA) is 132 Å². The molecular weight excluding hydrogens is 274 g/mol. The molecule has 0 bridgehead atoms. The van der Waals surface area contributed by atoms with E-state index < -0.39 is 4.92 Å². The zero-order valence-electron chi connectivity index (χ0n) is 11.6. The number of nitro groups is 1. The van der Waals surface area contributed by atoms with Crippen molar-refractivity contribution in [2.75, 3.05) is 10.7 Å². The zero-order valence-corrected chi connectivity index (χ0v) is 11.6. The van der Waals surface area contributed by atoms with Gasteiger partial charge in [-0.1, -0.05) is 6.07 Å². The Balaban J connectivity index is 2.32. The van der Waals surface area contributed by atoms with Crippen molar-refractivity contribution < 1.29 is 4.92 Å². The molecule has 0 radical (unpaired) electrons. The molecule has 0 saturated heterocycles. The van der Waals surface area contributed by atoms with Gasteiger partial charge in [-0.3, -0.25) is 20.5 Å². The minimum Gasteiger partial charge on any atom is -0.359 e. The number of hydrogen-bond acceptors (Lipinski definition) is 8. The monoisotopic (exact) mass is 289 g/mol. The van der Waals surface area contributed by atoms with E-state index >= 15 is 0 Å². The van der Waals surface area contributed by atoms with Gasteiger partial charge in [-0.15, -0.1) is 0 Å². The Labute approximate surface area is 120 Å². The van der Waals surface area contributed by atoms with Crippen LogP contribution in [0.3, 0.4) is 0 Å². The van der Waals surface area contributed by atoms with Crippen LogP contribution in [0.1, 0.15) is 17.0 Å². The first-order chi connectivity index (χ1) is 10.0. The van der Waals surface area contributed by atoms with Gasteiger partial charge in [-0.05, 0) is 25.5 Å². The van der Waals surface area contributed by atoms with Crippen molar-refractivity contribution >= 4 is 17.5 Å². The maximum atomic E-state index is 11.1. The maximum absolute atomic E-state index is 11.1. The SMILES string of the molecule is Cc1cccnc1CNc1nc(NN)nc(C)c1[N+](=O)[O-]. The lowest BCUT2D eigenvalue weighted by atomic mass is 10.2. The Bertz CT molecular complexity index is 675. The van der Waals surface area contributed by atoms with E-state index in [0.29, 0.717) is 6.54 Å². The first-order valence-corrected chi connectivity index (χ1v) is 6.17. The van der Waals surface area contributed by atoms with Gasteiger partial charge in [-0.2, -0.15) is 4.98 Å². The number of hydrazine groups is 1. The summed E-state index contributed by atoms with van der Waals surface area (Å²) >= 11 is 0. The Morgan fingerprint density at radius 2 is 2.14 bits per heavy atom. The number of aromatic nitrogens is 3. The largest absolute Gasteiger partial charge is 0.359 e. The maximum Gasteiger partial charge on any atom is 0.332 e. The van der Waals surface area contributed by atoms with Crippen LogP contribution >= 0.6 is 0 Å². The number of aryl methyl sites for hydroxylation is 2. The van der Waals surface area contributed by atoms with E-state index in [1.807, 2.05) is 19.1 Å². The summed E-state index contributed by atoms with van der Waals surface area (Å²) in [5.41, 5.74) is 4.10. The van der Waals surface area contributed by atoms with Crippen LogP contribution in [0.15, 0.2) is 18.3 Å². The number of pyridine rings is 1. The van der Waals surface area contributed by atoms with Gasteiger partial charge in [-0.25, -0.2) is 10.8 Å². The molecule has 0 aromatic carbocycles. The van der Waals surface area contributed by atoms with Crippen LogP contribution in [0.2, 0.25) is 0 Å². The molecule has 2 aromatic heterocycles. The molecule has 0 aliphatic carbocycles. The number of rotatable bonds is 5. The Morgan fingerprint density at radius 1 is 1.38 bits per heavy atom. The summed E-state index contributed by atoms with van der Waals surface area (Å²) in [5.74, 6) is 5.47. The number of nitrogens with one attached hydrogen (secondary N) is 2. The summed E-state index contributed by atoms with van der Waals surface area (Å²) in [5, 5.41) is 14.1. The number of nitrogens with zero attached hydrogens (tertiary/aromatic N) is 4. The van der Waals surface area contributed by atoms with Crippen LogP contribution in [0, 0.1) is 24.0 Å². The number of anilines is 2. The summed E-state index contributed by atoms with van der Waals surface area (Å²) < 4.78 is 0. The minimum atomic E-state index is -0.525. The highest BCUT2D eigenvalue weighted by Crippen LogP contribution is 2.26. The molecule has 2 rings (SSSR count). The molecule has 4 N–H and O–H groups in total. The van der Waals surface area contributed by atoms with Crippen molar-refractivity contribution in [1.82, 2.24) is 15.0 Å². The molecule has 2 aromatic rings. The lowest BCUT2D eigenvalue weighted by Crippen LogP contribution is -2.15. The van der Waals surface area contributed by atoms with Crippen LogP contribution in [0.4, 0.5) is 17.5 Å². The predicted molar refractivity (Wildman–Crippen MR) is 77.5 cm³/mol. The van der Waals surface area contributed by atoms with Gasteiger partial charge < -0.3 is 5.32 Å². The molecule has 21 heavy (non-hydrogen) atoms. The molecule has 0 amide bonds. The molecular formula is C12H15N7O2. The van der Waals surface area contributed by atoms with Gasteiger partial charge in [0.25, 0.3) is 0 Å². The smallest absolute Gasteiger partial charge is 0.332 e. The standard InChI is InChI=1S/C12H15N7O2/c1-7-4-3-5-14-9(7)6-15-11-10(19(20)21)8(2)16-12(17-11)18-13/h3-5H,6,13H2,1-2H3,(H2,15,16,17,18). The average Bonchev–Trinajstić information content (AvgIpc) is 2.45. The number of nitrogen functional groups attached to an aromatic ring is 1. The molecule has 0 aliphatic heterocycles. The second kappa shape index (κ2) is 6.09. The Morgan fingerprint density at radius 3 is 2.76 bits per heavy atom. The molecule has 0 unspecified atom stereocenters. The Hall–Kier alpha value is -2.81. The van der Waals surface area contributed by atoms with E-state index in [1.165, 1.54) is 6.92 Å². The predicted octanol–water partition coefficient (Wildman–Crippen LogP) is 1.29. The van der Waals surface area contributed by atoms with Gasteiger partial charge in [0.2, 0.25) is 11.8 Å². The number of hydrogen-bond donors (Lipinski definition) is 3. The van der Waals surface area contributed by atoms with Crippen LogP contribution in [0.5, 0.6) is 0 Å². The van der Waals surface area contributed by atoms with Crippen LogP contribution in [-0.2, 0) is 6.54 Å². The molecule has 0 fully saturated rings. The third kappa shape index (κ3) is 3.20. The molecule has 2 heterocycles. The summed E-state index contributed by atoms with van der Waals surface area (Å²) in [4.78, 5) is 22.7. The normalized spacial score (nSPS) is 10.2. The van der Waals surface area contributed by atoms with Gasteiger partial charge in [0.05, 0.1) is 17.2 Å². The second-order valence-corrected chi connectivity index (χ2v) is 4.35. The molecule has 110 valence electrons. The van der Waals surface area contributed by atoms with Crippen molar-refractivity contribution in [1.29, 1.82) is 0 Å². The third-order valence-electron chi connectivity index (χ3n) is 2.91. The van der Waals surface area contributed by atoms with E-state index in [2.05, 4.69) is 25.7 Å². The molecule has 0 spiro atoms. The van der Waals surface area contributed by atoms with Crippen molar-refractivity contribution in [3.63, 3.8) is 0 Å². The molecule has 0 aliphatic rings. The highest BCUT2D eigenvalue weighted by Gasteiger charge is 2.21. The van der Waals surface area contributed by atoms with Gasteiger partial charge >= 0.3 is 5.69 Å².